The van der Waals surface area contributed by atoms with Gasteiger partial charge in [0.2, 0.25) is 0 Å². The maximum Gasteiger partial charge on any atom is 0.0945 e. The van der Waals surface area contributed by atoms with Gasteiger partial charge in [-0.15, -0.1) is 0 Å². The molecule has 0 spiro atoms. The number of aliphatic hydroxyl groups is 1. The highest BCUT2D eigenvalue weighted by Crippen LogP contribution is 2.43. The molecule has 0 aromatic heterocycles. The van der Waals surface area contributed by atoms with Crippen LogP contribution in [0.3, 0.4) is 0 Å². The highest BCUT2D eigenvalue weighted by atomic mass is 16.3. The molecule has 176 valence electrons. The van der Waals surface area contributed by atoms with Gasteiger partial charge in [0, 0.05) is 23.7 Å². The third-order valence-corrected chi connectivity index (χ3v) is 8.25. The number of hydrogen-bond donors (Lipinski definition) is 1. The second-order valence-corrected chi connectivity index (χ2v) is 10.3. The molecule has 0 saturated heterocycles. The highest BCUT2D eigenvalue weighted by Gasteiger charge is 2.31. The molecule has 2 heteroatoms. The van der Waals surface area contributed by atoms with E-state index in [1.54, 1.807) is 0 Å². The van der Waals surface area contributed by atoms with Gasteiger partial charge in [0.1, 0.15) is 0 Å². The zero-order chi connectivity index (χ0) is 23.1. The van der Waals surface area contributed by atoms with Crippen LogP contribution in [0.25, 0.3) is 0 Å². The van der Waals surface area contributed by atoms with Crippen LogP contribution in [0.5, 0.6) is 0 Å². The number of benzene rings is 1. The van der Waals surface area contributed by atoms with E-state index >= 15 is 0 Å². The van der Waals surface area contributed by atoms with Crippen molar-refractivity contribution in [2.24, 2.45) is 22.7 Å². The molecular weight excluding hydrogens is 390 g/mol. The molecule has 0 bridgehead atoms. The number of unbranched alkanes of at least 4 members (excludes halogenated alkanes) is 1. The van der Waals surface area contributed by atoms with Crippen molar-refractivity contribution in [1.82, 2.24) is 0 Å². The molecule has 3 rings (SSSR count). The smallest absolute Gasteiger partial charge is 0.0945 e. The monoisotopic (exact) mass is 435 g/mol. The lowest BCUT2D eigenvalue weighted by molar-refractivity contribution is 0.182. The van der Waals surface area contributed by atoms with Crippen LogP contribution in [0.1, 0.15) is 108 Å². The van der Waals surface area contributed by atoms with Crippen LogP contribution in [0.15, 0.2) is 46.3 Å². The van der Waals surface area contributed by atoms with E-state index in [1.807, 2.05) is 0 Å². The predicted octanol–water partition coefficient (Wildman–Crippen LogP) is 8.99. The Morgan fingerprint density at radius 2 is 1.88 bits per heavy atom. The lowest BCUT2D eigenvalue weighted by Gasteiger charge is -2.35. The fraction of sp³-hybridized carbons (Fsp3) is 0.633. The Bertz CT molecular complexity index is 832. The Labute approximate surface area is 196 Å². The average Bonchev–Trinajstić information content (AvgIpc) is 2.76. The van der Waals surface area contributed by atoms with Gasteiger partial charge in [0.05, 0.1) is 5.76 Å². The molecular formula is C30H45NO. The van der Waals surface area contributed by atoms with E-state index in [-0.39, 0.29) is 0 Å². The summed E-state index contributed by atoms with van der Waals surface area (Å²) >= 11 is 0. The number of allylic oxidation sites excluding steroid dienone is 4. The maximum atomic E-state index is 10.7. The van der Waals surface area contributed by atoms with Gasteiger partial charge in [-0.25, -0.2) is 0 Å². The fourth-order valence-corrected chi connectivity index (χ4v) is 5.64. The molecule has 2 nitrogen and oxygen atoms in total. The Kier molecular flexibility index (Phi) is 9.20. The lowest BCUT2D eigenvalue weighted by Crippen LogP contribution is -2.24. The molecule has 2 unspecified atom stereocenters. The number of nitrogens with zero attached hydrogens (tertiary/aromatic N) is 1. The number of aliphatic hydroxyl groups excluding tert-OH is 1. The molecule has 1 aromatic carbocycles. The van der Waals surface area contributed by atoms with E-state index in [0.29, 0.717) is 17.8 Å². The van der Waals surface area contributed by atoms with Gasteiger partial charge in [-0.1, -0.05) is 57.4 Å². The normalized spacial score (nSPS) is 23.8. The second kappa shape index (κ2) is 11.9. The first-order valence-corrected chi connectivity index (χ1v) is 13.1. The zero-order valence-corrected chi connectivity index (χ0v) is 21.2. The fourth-order valence-electron chi connectivity index (χ4n) is 5.64. The summed E-state index contributed by atoms with van der Waals surface area (Å²) in [6.07, 6.45) is 16.2. The summed E-state index contributed by atoms with van der Waals surface area (Å²) < 4.78 is 0. The van der Waals surface area contributed by atoms with E-state index < -0.39 is 0 Å². The molecule has 2 aliphatic rings. The van der Waals surface area contributed by atoms with Crippen molar-refractivity contribution in [1.29, 1.82) is 0 Å². The van der Waals surface area contributed by atoms with Gasteiger partial charge in [-0.05, 0) is 99.8 Å². The first kappa shape index (κ1) is 24.8. The van der Waals surface area contributed by atoms with E-state index in [9.17, 15) is 5.11 Å². The molecule has 32 heavy (non-hydrogen) atoms. The maximum absolute atomic E-state index is 10.7. The van der Waals surface area contributed by atoms with Gasteiger partial charge in [-0.3, -0.25) is 4.99 Å². The lowest BCUT2D eigenvalue weighted by atomic mass is 9.71. The standard InChI is InChI=1S/C30H45NO/c1-6-8-19-31-29(7-2)28(27-14-9-11-21(3)22(27)4)20-24-15-17-25(18-16-24)23(5)30(32)26-12-10-13-26/h7,9,11,14,19,23-25,28,32H,6,8,10,12-13,15-18,20H2,1-5H3/b29-7-,31-19?. The van der Waals surface area contributed by atoms with Crippen LogP contribution in [-0.4, -0.2) is 11.3 Å². The van der Waals surface area contributed by atoms with Crippen LogP contribution < -0.4 is 0 Å². The van der Waals surface area contributed by atoms with Gasteiger partial charge in [-0.2, -0.15) is 0 Å². The predicted molar refractivity (Wildman–Crippen MR) is 139 cm³/mol. The van der Waals surface area contributed by atoms with Crippen molar-refractivity contribution in [3.63, 3.8) is 0 Å². The van der Waals surface area contributed by atoms with Crippen molar-refractivity contribution in [2.75, 3.05) is 0 Å². The summed E-state index contributed by atoms with van der Waals surface area (Å²) in [6.45, 7) is 11.1. The number of rotatable bonds is 9. The molecule has 2 aliphatic carbocycles. The second-order valence-electron chi connectivity index (χ2n) is 10.3. The highest BCUT2D eigenvalue weighted by molar-refractivity contribution is 5.59. The Morgan fingerprint density at radius 3 is 2.47 bits per heavy atom. The number of aryl methyl sites for hydroxylation is 1. The summed E-state index contributed by atoms with van der Waals surface area (Å²) in [5.41, 5.74) is 6.81. The molecule has 0 heterocycles. The average molecular weight is 436 g/mol. The van der Waals surface area contributed by atoms with E-state index in [1.165, 1.54) is 66.5 Å². The third kappa shape index (κ3) is 5.94. The van der Waals surface area contributed by atoms with Gasteiger partial charge >= 0.3 is 0 Å². The van der Waals surface area contributed by atoms with Crippen molar-refractivity contribution in [3.05, 3.63) is 58.0 Å². The first-order chi connectivity index (χ1) is 15.5. The Hall–Kier alpha value is -1.83. The minimum Gasteiger partial charge on any atom is -0.512 e. The molecule has 0 amide bonds. The first-order valence-electron chi connectivity index (χ1n) is 13.1. The van der Waals surface area contributed by atoms with Crippen LogP contribution in [-0.2, 0) is 0 Å². The molecule has 0 aliphatic heterocycles. The number of hydrogen-bond acceptors (Lipinski definition) is 2. The summed E-state index contributed by atoms with van der Waals surface area (Å²) in [6, 6.07) is 6.76. The minimum absolute atomic E-state index is 0.339. The molecule has 0 radical (unpaired) electrons. The zero-order valence-electron chi connectivity index (χ0n) is 21.2. The van der Waals surface area contributed by atoms with E-state index in [2.05, 4.69) is 65.1 Å². The summed E-state index contributed by atoms with van der Waals surface area (Å²) in [4.78, 5) is 4.94. The molecule has 1 aromatic rings. The summed E-state index contributed by atoms with van der Waals surface area (Å²) in [5, 5.41) is 10.7. The SMILES string of the molecule is C/C=C(\N=CCCC)C(CC1CCC(C(C)C(O)=C2CCC2)CC1)c1cccc(C)c1C. The van der Waals surface area contributed by atoms with Gasteiger partial charge < -0.3 is 5.11 Å². The molecule has 2 fully saturated rings. The van der Waals surface area contributed by atoms with Crippen LogP contribution in [0.2, 0.25) is 0 Å². The third-order valence-electron chi connectivity index (χ3n) is 8.25. The topological polar surface area (TPSA) is 32.6 Å². The van der Waals surface area contributed by atoms with Crippen molar-refractivity contribution in [2.45, 2.75) is 105 Å². The Morgan fingerprint density at radius 1 is 1.16 bits per heavy atom. The van der Waals surface area contributed by atoms with Crippen molar-refractivity contribution in [3.8, 4) is 0 Å². The van der Waals surface area contributed by atoms with Crippen LogP contribution in [0, 0.1) is 31.6 Å². The summed E-state index contributed by atoms with van der Waals surface area (Å²) in [5.74, 6) is 2.82. The van der Waals surface area contributed by atoms with Gasteiger partial charge in [0.15, 0.2) is 0 Å². The largest absolute Gasteiger partial charge is 0.512 e. The number of aliphatic imine (C=N–C) groups is 1. The molecule has 1 N–H and O–H groups in total. The van der Waals surface area contributed by atoms with Crippen molar-refractivity contribution < 1.29 is 5.11 Å². The molecule has 2 saturated carbocycles. The van der Waals surface area contributed by atoms with E-state index in [4.69, 9.17) is 4.99 Å². The summed E-state index contributed by atoms with van der Waals surface area (Å²) in [7, 11) is 0. The van der Waals surface area contributed by atoms with Crippen molar-refractivity contribution >= 4 is 6.21 Å². The quantitative estimate of drug-likeness (QED) is 0.304. The van der Waals surface area contributed by atoms with Crippen LogP contribution >= 0.6 is 0 Å². The van der Waals surface area contributed by atoms with Gasteiger partial charge in [0.25, 0.3) is 0 Å². The van der Waals surface area contributed by atoms with E-state index in [0.717, 1.165) is 37.4 Å². The minimum atomic E-state index is 0.339. The molecule has 2 atom stereocenters. The van der Waals surface area contributed by atoms with Crippen LogP contribution in [0.4, 0.5) is 0 Å². The Balaban J connectivity index is 1.72.